The molecule has 0 aliphatic carbocycles. The Morgan fingerprint density at radius 1 is 1.33 bits per heavy atom. The molecule has 0 heterocycles. The highest BCUT2D eigenvalue weighted by Crippen LogP contribution is 2.08. The van der Waals surface area contributed by atoms with Gasteiger partial charge in [-0.15, -0.1) is 0 Å². The van der Waals surface area contributed by atoms with Gasteiger partial charge in [0, 0.05) is 13.0 Å². The standard InChI is InChI=1S/C13H13ClO/c14-13(9-5-2-6-10-15)11-12-7-3-1-4-8-12/h1,3-4,7-8,11,15H,2,6,10H2/b13-11+. The summed E-state index contributed by atoms with van der Waals surface area (Å²) in [4.78, 5) is 0. The minimum Gasteiger partial charge on any atom is -0.396 e. The number of benzene rings is 1. The fourth-order valence-electron chi connectivity index (χ4n) is 1.05. The van der Waals surface area contributed by atoms with E-state index < -0.39 is 0 Å². The largest absolute Gasteiger partial charge is 0.396 e. The van der Waals surface area contributed by atoms with Gasteiger partial charge in [-0.2, -0.15) is 0 Å². The summed E-state index contributed by atoms with van der Waals surface area (Å²) < 4.78 is 0. The van der Waals surface area contributed by atoms with Crippen LogP contribution in [-0.4, -0.2) is 11.7 Å². The van der Waals surface area contributed by atoms with E-state index in [1.165, 1.54) is 0 Å². The van der Waals surface area contributed by atoms with E-state index in [0.717, 1.165) is 5.56 Å². The summed E-state index contributed by atoms with van der Waals surface area (Å²) >= 11 is 5.92. The topological polar surface area (TPSA) is 20.2 Å². The van der Waals surface area contributed by atoms with Crippen molar-refractivity contribution >= 4 is 17.7 Å². The summed E-state index contributed by atoms with van der Waals surface area (Å²) in [7, 11) is 0. The maximum Gasteiger partial charge on any atom is 0.0909 e. The van der Waals surface area contributed by atoms with E-state index in [9.17, 15) is 0 Å². The van der Waals surface area contributed by atoms with Crippen LogP contribution in [0.25, 0.3) is 6.08 Å². The van der Waals surface area contributed by atoms with Crippen LogP contribution >= 0.6 is 11.6 Å². The molecular formula is C13H13ClO. The molecule has 0 saturated carbocycles. The molecule has 0 radical (unpaired) electrons. The molecule has 0 amide bonds. The molecule has 1 aromatic carbocycles. The number of hydrogen-bond donors (Lipinski definition) is 1. The van der Waals surface area contributed by atoms with Crippen molar-refractivity contribution in [3.05, 3.63) is 40.9 Å². The maximum atomic E-state index is 8.55. The number of unbranched alkanes of at least 4 members (excludes halogenated alkanes) is 1. The highest BCUT2D eigenvalue weighted by molar-refractivity contribution is 6.34. The molecule has 0 aliphatic heterocycles. The van der Waals surface area contributed by atoms with Crippen LogP contribution in [0.5, 0.6) is 0 Å². The maximum absolute atomic E-state index is 8.55. The molecule has 0 aromatic heterocycles. The van der Waals surface area contributed by atoms with Gasteiger partial charge in [0.25, 0.3) is 0 Å². The highest BCUT2D eigenvalue weighted by Gasteiger charge is 1.87. The molecule has 0 fully saturated rings. The second-order valence-electron chi connectivity index (χ2n) is 3.03. The monoisotopic (exact) mass is 220 g/mol. The van der Waals surface area contributed by atoms with Crippen LogP contribution < -0.4 is 0 Å². The minimum absolute atomic E-state index is 0.175. The first-order chi connectivity index (χ1) is 7.33. The lowest BCUT2D eigenvalue weighted by Crippen LogP contribution is -1.78. The number of allylic oxidation sites excluding steroid dienone is 1. The number of rotatable bonds is 3. The number of halogens is 1. The lowest BCUT2D eigenvalue weighted by molar-refractivity contribution is 0.290. The molecule has 0 unspecified atom stereocenters. The normalized spacial score (nSPS) is 10.7. The van der Waals surface area contributed by atoms with E-state index in [1.54, 1.807) is 0 Å². The third kappa shape index (κ3) is 5.27. The summed E-state index contributed by atoms with van der Waals surface area (Å²) in [5, 5.41) is 9.08. The number of aliphatic hydroxyl groups excluding tert-OH is 1. The van der Waals surface area contributed by atoms with Crippen molar-refractivity contribution in [3.63, 3.8) is 0 Å². The van der Waals surface area contributed by atoms with Crippen molar-refractivity contribution in [1.82, 2.24) is 0 Å². The Morgan fingerprint density at radius 3 is 2.73 bits per heavy atom. The SMILES string of the molecule is OCCCC#C/C(Cl)=C\c1ccccc1. The second kappa shape index (κ2) is 7.11. The Bertz CT molecular complexity index is 371. The molecule has 1 nitrogen and oxygen atoms in total. The van der Waals surface area contributed by atoms with Gasteiger partial charge in [-0.1, -0.05) is 53.8 Å². The van der Waals surface area contributed by atoms with E-state index in [-0.39, 0.29) is 6.61 Å². The van der Waals surface area contributed by atoms with Gasteiger partial charge in [0.2, 0.25) is 0 Å². The van der Waals surface area contributed by atoms with Crippen LogP contribution in [-0.2, 0) is 0 Å². The Balaban J connectivity index is 2.55. The highest BCUT2D eigenvalue weighted by atomic mass is 35.5. The van der Waals surface area contributed by atoms with Crippen LogP contribution in [0.4, 0.5) is 0 Å². The van der Waals surface area contributed by atoms with Gasteiger partial charge < -0.3 is 5.11 Å². The third-order valence-electron chi connectivity index (χ3n) is 1.76. The average Bonchev–Trinajstić information content (AvgIpc) is 2.26. The van der Waals surface area contributed by atoms with Crippen LogP contribution in [0.15, 0.2) is 35.4 Å². The molecular weight excluding hydrogens is 208 g/mol. The summed E-state index contributed by atoms with van der Waals surface area (Å²) in [5.74, 6) is 5.73. The molecule has 2 heteroatoms. The average molecular weight is 221 g/mol. The molecule has 0 bridgehead atoms. The van der Waals surface area contributed by atoms with Crippen LogP contribution in [0.3, 0.4) is 0 Å². The van der Waals surface area contributed by atoms with E-state index in [2.05, 4.69) is 11.8 Å². The molecule has 1 aromatic rings. The first-order valence-corrected chi connectivity index (χ1v) is 5.22. The van der Waals surface area contributed by atoms with Gasteiger partial charge in [0.1, 0.15) is 0 Å². The summed E-state index contributed by atoms with van der Waals surface area (Å²) in [6.07, 6.45) is 3.20. The second-order valence-corrected chi connectivity index (χ2v) is 3.44. The van der Waals surface area contributed by atoms with Crippen molar-refractivity contribution in [2.24, 2.45) is 0 Å². The molecule has 1 N–H and O–H groups in total. The fourth-order valence-corrected chi connectivity index (χ4v) is 1.24. The van der Waals surface area contributed by atoms with E-state index >= 15 is 0 Å². The molecule has 0 atom stereocenters. The first-order valence-electron chi connectivity index (χ1n) is 4.85. The first kappa shape index (κ1) is 11.8. The zero-order valence-electron chi connectivity index (χ0n) is 8.41. The van der Waals surface area contributed by atoms with Gasteiger partial charge in [0.05, 0.1) is 5.03 Å². The van der Waals surface area contributed by atoms with Crippen molar-refractivity contribution < 1.29 is 5.11 Å². The van der Waals surface area contributed by atoms with Gasteiger partial charge in [-0.05, 0) is 18.1 Å². The quantitative estimate of drug-likeness (QED) is 0.613. The van der Waals surface area contributed by atoms with Crippen LogP contribution in [0, 0.1) is 11.8 Å². The van der Waals surface area contributed by atoms with Crippen molar-refractivity contribution in [2.75, 3.05) is 6.61 Å². The lowest BCUT2D eigenvalue weighted by atomic mass is 10.2. The molecule has 0 saturated heterocycles. The summed E-state index contributed by atoms with van der Waals surface area (Å²) in [6.45, 7) is 0.175. The van der Waals surface area contributed by atoms with E-state index in [0.29, 0.717) is 17.9 Å². The Labute approximate surface area is 95.4 Å². The number of hydrogen-bond acceptors (Lipinski definition) is 1. The van der Waals surface area contributed by atoms with Crippen LogP contribution in [0.2, 0.25) is 0 Å². The predicted molar refractivity (Wildman–Crippen MR) is 64.4 cm³/mol. The molecule has 78 valence electrons. The fraction of sp³-hybridized carbons (Fsp3) is 0.231. The molecule has 0 spiro atoms. The summed E-state index contributed by atoms with van der Waals surface area (Å²) in [6, 6.07) is 9.80. The minimum atomic E-state index is 0.175. The predicted octanol–water partition coefficient (Wildman–Crippen LogP) is 3.04. The smallest absolute Gasteiger partial charge is 0.0909 e. The van der Waals surface area contributed by atoms with Crippen LogP contribution in [0.1, 0.15) is 18.4 Å². The Morgan fingerprint density at radius 2 is 2.07 bits per heavy atom. The van der Waals surface area contributed by atoms with Crippen molar-refractivity contribution in [3.8, 4) is 11.8 Å². The third-order valence-corrected chi connectivity index (χ3v) is 1.96. The van der Waals surface area contributed by atoms with Crippen molar-refractivity contribution in [1.29, 1.82) is 0 Å². The lowest BCUT2D eigenvalue weighted by Gasteiger charge is -1.90. The van der Waals surface area contributed by atoms with Crippen molar-refractivity contribution in [2.45, 2.75) is 12.8 Å². The summed E-state index contributed by atoms with van der Waals surface area (Å²) in [5.41, 5.74) is 1.04. The molecule has 15 heavy (non-hydrogen) atoms. The zero-order chi connectivity index (χ0) is 10.9. The van der Waals surface area contributed by atoms with Gasteiger partial charge in [0.15, 0.2) is 0 Å². The Kier molecular flexibility index (Phi) is 5.62. The van der Waals surface area contributed by atoms with E-state index in [1.807, 2.05) is 36.4 Å². The van der Waals surface area contributed by atoms with E-state index in [4.69, 9.17) is 16.7 Å². The van der Waals surface area contributed by atoms with Gasteiger partial charge >= 0.3 is 0 Å². The van der Waals surface area contributed by atoms with Gasteiger partial charge in [-0.25, -0.2) is 0 Å². The Hall–Kier alpha value is -1.23. The molecule has 1 rings (SSSR count). The van der Waals surface area contributed by atoms with Gasteiger partial charge in [-0.3, -0.25) is 0 Å². The molecule has 0 aliphatic rings. The number of aliphatic hydroxyl groups is 1. The zero-order valence-corrected chi connectivity index (χ0v) is 9.17.